The zero-order valence-electron chi connectivity index (χ0n) is 8.48. The maximum atomic E-state index is 4.35. The van der Waals surface area contributed by atoms with E-state index in [4.69, 9.17) is 0 Å². The predicted octanol–water partition coefficient (Wildman–Crippen LogP) is 0.894. The van der Waals surface area contributed by atoms with Gasteiger partial charge in [0.05, 0.1) is 17.9 Å². The Morgan fingerprint density at radius 1 is 1.29 bits per heavy atom. The van der Waals surface area contributed by atoms with Gasteiger partial charge in [-0.1, -0.05) is 0 Å². The summed E-state index contributed by atoms with van der Waals surface area (Å²) < 4.78 is 0. The molecule has 1 aromatic rings. The second-order valence-corrected chi connectivity index (χ2v) is 4.26. The molecule has 2 bridgehead atoms. The molecule has 3 nitrogen and oxygen atoms in total. The van der Waals surface area contributed by atoms with Gasteiger partial charge < -0.3 is 4.90 Å². The highest BCUT2D eigenvalue weighted by atomic mass is 15.4. The van der Waals surface area contributed by atoms with E-state index in [1.165, 1.54) is 25.3 Å². The Kier molecular flexibility index (Phi) is 1.74. The van der Waals surface area contributed by atoms with Crippen molar-refractivity contribution in [2.75, 3.05) is 31.1 Å². The lowest BCUT2D eigenvalue weighted by atomic mass is 10.0. The average molecular weight is 189 g/mol. The number of anilines is 1. The molecule has 0 atom stereocenters. The quantitative estimate of drug-likeness (QED) is 0.654. The van der Waals surface area contributed by atoms with E-state index in [9.17, 15) is 0 Å². The van der Waals surface area contributed by atoms with E-state index in [2.05, 4.69) is 26.9 Å². The van der Waals surface area contributed by atoms with E-state index in [1.807, 2.05) is 13.1 Å². The Hall–Kier alpha value is -1.09. The lowest BCUT2D eigenvalue weighted by molar-refractivity contribution is 0.110. The van der Waals surface area contributed by atoms with Gasteiger partial charge in [0.2, 0.25) is 0 Å². The fraction of sp³-hybridized carbons (Fsp3) is 0.545. The minimum absolute atomic E-state index is 0.744. The van der Waals surface area contributed by atoms with Crippen LogP contribution in [0.25, 0.3) is 0 Å². The van der Waals surface area contributed by atoms with Crippen LogP contribution >= 0.6 is 0 Å². The molecule has 3 saturated heterocycles. The van der Waals surface area contributed by atoms with Gasteiger partial charge in [0.15, 0.2) is 0 Å². The number of rotatable bonds is 1. The first-order valence-electron chi connectivity index (χ1n) is 5.24. The number of piperazine rings is 2. The topological polar surface area (TPSA) is 19.4 Å². The molecule has 4 heterocycles. The monoisotopic (exact) mass is 189 g/mol. The molecule has 0 saturated carbocycles. The third kappa shape index (κ3) is 1.20. The van der Waals surface area contributed by atoms with Crippen molar-refractivity contribution < 1.29 is 0 Å². The molecule has 0 N–H and O–H groups in total. The van der Waals surface area contributed by atoms with Gasteiger partial charge in [-0.05, 0) is 19.1 Å². The van der Waals surface area contributed by atoms with Crippen molar-refractivity contribution in [2.24, 2.45) is 0 Å². The number of hydrogen-bond acceptors (Lipinski definition) is 3. The zero-order chi connectivity index (χ0) is 9.54. The molecule has 4 rings (SSSR count). The van der Waals surface area contributed by atoms with Crippen molar-refractivity contribution in [1.29, 1.82) is 0 Å². The molecule has 0 amide bonds. The molecule has 0 spiro atoms. The van der Waals surface area contributed by atoms with Crippen molar-refractivity contribution in [1.82, 2.24) is 9.88 Å². The smallest absolute Gasteiger partial charge is 0.0556 e. The highest BCUT2D eigenvalue weighted by Crippen LogP contribution is 2.26. The summed E-state index contributed by atoms with van der Waals surface area (Å²) in [5.41, 5.74) is 2.39. The molecule has 3 aliphatic heterocycles. The lowest BCUT2D eigenvalue weighted by Gasteiger charge is -2.52. The fourth-order valence-corrected chi connectivity index (χ4v) is 2.32. The first kappa shape index (κ1) is 8.24. The zero-order valence-corrected chi connectivity index (χ0v) is 8.48. The molecule has 0 unspecified atom stereocenters. The van der Waals surface area contributed by atoms with Gasteiger partial charge >= 0.3 is 0 Å². The number of aryl methyl sites for hydroxylation is 1. The predicted molar refractivity (Wildman–Crippen MR) is 56.5 cm³/mol. The van der Waals surface area contributed by atoms with E-state index in [1.54, 1.807) is 0 Å². The van der Waals surface area contributed by atoms with Crippen molar-refractivity contribution in [2.45, 2.75) is 13.0 Å². The molecular formula is C11H15N3. The average Bonchev–Trinajstić information content (AvgIpc) is 2.18. The summed E-state index contributed by atoms with van der Waals surface area (Å²) in [7, 11) is 0. The Morgan fingerprint density at radius 2 is 2.14 bits per heavy atom. The van der Waals surface area contributed by atoms with Gasteiger partial charge in [0.1, 0.15) is 0 Å². The molecule has 3 fully saturated rings. The molecular weight excluding hydrogens is 174 g/mol. The number of aromatic nitrogens is 1. The van der Waals surface area contributed by atoms with Gasteiger partial charge in [0.25, 0.3) is 0 Å². The summed E-state index contributed by atoms with van der Waals surface area (Å²) in [4.78, 5) is 9.35. The van der Waals surface area contributed by atoms with Crippen LogP contribution in [0.5, 0.6) is 0 Å². The van der Waals surface area contributed by atoms with Gasteiger partial charge in [-0.25, -0.2) is 0 Å². The van der Waals surface area contributed by atoms with Crippen molar-refractivity contribution in [3.05, 3.63) is 24.0 Å². The maximum Gasteiger partial charge on any atom is 0.0556 e. The first-order valence-corrected chi connectivity index (χ1v) is 5.24. The van der Waals surface area contributed by atoms with Crippen molar-refractivity contribution in [3.63, 3.8) is 0 Å². The Labute approximate surface area is 84.3 Å². The highest BCUT2D eigenvalue weighted by molar-refractivity contribution is 5.47. The largest absolute Gasteiger partial charge is 0.363 e. The Bertz CT molecular complexity index is 324. The van der Waals surface area contributed by atoms with Crippen LogP contribution in [0.3, 0.4) is 0 Å². The Morgan fingerprint density at radius 3 is 2.71 bits per heavy atom. The van der Waals surface area contributed by atoms with Crippen LogP contribution in [0.4, 0.5) is 5.69 Å². The van der Waals surface area contributed by atoms with Crippen LogP contribution in [0.15, 0.2) is 18.3 Å². The summed E-state index contributed by atoms with van der Waals surface area (Å²) in [6, 6.07) is 5.03. The molecule has 3 heteroatoms. The van der Waals surface area contributed by atoms with E-state index in [0.717, 1.165) is 18.3 Å². The van der Waals surface area contributed by atoms with Gasteiger partial charge in [-0.15, -0.1) is 0 Å². The standard InChI is InChI=1S/C11H15N3/c1-9-2-3-10(6-12-9)14-5-4-13-7-11(14)8-13/h2-3,6,11H,4-5,7-8H2,1H3. The van der Waals surface area contributed by atoms with Crippen LogP contribution < -0.4 is 4.90 Å². The molecule has 0 aliphatic carbocycles. The summed E-state index contributed by atoms with van der Waals surface area (Å²) in [6.45, 7) is 6.90. The third-order valence-electron chi connectivity index (χ3n) is 3.26. The normalized spacial score (nSPS) is 29.9. The fourth-order valence-electron chi connectivity index (χ4n) is 2.32. The van der Waals surface area contributed by atoms with Crippen molar-refractivity contribution in [3.8, 4) is 0 Å². The third-order valence-corrected chi connectivity index (χ3v) is 3.26. The minimum atomic E-state index is 0.744. The van der Waals surface area contributed by atoms with E-state index in [-0.39, 0.29) is 0 Å². The summed E-state index contributed by atoms with van der Waals surface area (Å²) in [5, 5.41) is 0. The van der Waals surface area contributed by atoms with Crippen LogP contribution in [-0.2, 0) is 0 Å². The Balaban J connectivity index is 1.83. The lowest BCUT2D eigenvalue weighted by Crippen LogP contribution is -2.66. The first-order chi connectivity index (χ1) is 6.83. The minimum Gasteiger partial charge on any atom is -0.363 e. The number of nitrogens with zero attached hydrogens (tertiary/aromatic N) is 3. The van der Waals surface area contributed by atoms with Gasteiger partial charge in [-0.3, -0.25) is 9.88 Å². The van der Waals surface area contributed by atoms with Gasteiger partial charge in [0, 0.05) is 31.9 Å². The summed E-state index contributed by atoms with van der Waals surface area (Å²) >= 11 is 0. The van der Waals surface area contributed by atoms with Crippen LogP contribution in [-0.4, -0.2) is 42.1 Å². The molecule has 0 aromatic carbocycles. The number of pyridine rings is 1. The second-order valence-electron chi connectivity index (χ2n) is 4.26. The summed E-state index contributed by atoms with van der Waals surface area (Å²) in [6.07, 6.45) is 2.00. The number of fused-ring (bicyclic) bond motifs is 2. The molecule has 74 valence electrons. The number of hydrogen-bond donors (Lipinski definition) is 0. The van der Waals surface area contributed by atoms with Crippen LogP contribution in [0.2, 0.25) is 0 Å². The molecule has 0 radical (unpaired) electrons. The van der Waals surface area contributed by atoms with Crippen molar-refractivity contribution >= 4 is 5.69 Å². The molecule has 14 heavy (non-hydrogen) atoms. The van der Waals surface area contributed by atoms with Crippen LogP contribution in [0, 0.1) is 6.92 Å². The SMILES string of the molecule is Cc1ccc(N2CCN3CC2C3)cn1. The molecule has 3 aliphatic rings. The second kappa shape index (κ2) is 2.95. The highest BCUT2D eigenvalue weighted by Gasteiger charge is 2.36. The van der Waals surface area contributed by atoms with Gasteiger partial charge in [-0.2, -0.15) is 0 Å². The summed E-state index contributed by atoms with van der Waals surface area (Å²) in [5.74, 6) is 0. The molecule has 1 aromatic heterocycles. The van der Waals surface area contributed by atoms with E-state index >= 15 is 0 Å². The van der Waals surface area contributed by atoms with Crippen LogP contribution in [0.1, 0.15) is 5.69 Å². The maximum absolute atomic E-state index is 4.35. The van der Waals surface area contributed by atoms with E-state index < -0.39 is 0 Å². The van der Waals surface area contributed by atoms with E-state index in [0.29, 0.717) is 0 Å².